The highest BCUT2D eigenvalue weighted by molar-refractivity contribution is 5.71. The molecule has 0 amide bonds. The van der Waals surface area contributed by atoms with Crippen molar-refractivity contribution in [2.24, 2.45) is 0 Å². The number of benzene rings is 1. The summed E-state index contributed by atoms with van der Waals surface area (Å²) >= 11 is 0. The quantitative estimate of drug-likeness (QED) is 0.722. The van der Waals surface area contributed by atoms with Crippen LogP contribution in [0.5, 0.6) is 11.6 Å². The van der Waals surface area contributed by atoms with E-state index in [2.05, 4.69) is 15.3 Å². The average molecular weight is 383 g/mol. The molecule has 0 saturated carbocycles. The van der Waals surface area contributed by atoms with E-state index in [1.807, 2.05) is 13.8 Å². The minimum Gasteiger partial charge on any atom is -0.496 e. The van der Waals surface area contributed by atoms with Gasteiger partial charge in [-0.1, -0.05) is 13.8 Å². The fourth-order valence-electron chi connectivity index (χ4n) is 2.68. The van der Waals surface area contributed by atoms with Crippen molar-refractivity contribution in [3.8, 4) is 22.9 Å². The Labute approximate surface area is 156 Å². The van der Waals surface area contributed by atoms with Gasteiger partial charge in [-0.25, -0.2) is 9.97 Å². The lowest BCUT2D eigenvalue weighted by Gasteiger charge is -2.19. The van der Waals surface area contributed by atoms with Crippen LogP contribution in [0.1, 0.15) is 37.9 Å². The molecule has 0 unspecified atom stereocenters. The summed E-state index contributed by atoms with van der Waals surface area (Å²) in [5.41, 5.74) is 0.618. The molecule has 0 radical (unpaired) electrons. The Balaban J connectivity index is 2.53. The van der Waals surface area contributed by atoms with Crippen molar-refractivity contribution >= 4 is 5.82 Å². The molecule has 8 heteroatoms. The van der Waals surface area contributed by atoms with Gasteiger partial charge < -0.3 is 14.8 Å². The van der Waals surface area contributed by atoms with Crippen molar-refractivity contribution < 1.29 is 22.6 Å². The first-order chi connectivity index (χ1) is 12.7. The van der Waals surface area contributed by atoms with Crippen LogP contribution in [-0.4, -0.2) is 30.2 Å². The first kappa shape index (κ1) is 20.8. The monoisotopic (exact) mass is 383 g/mol. The fourth-order valence-corrected chi connectivity index (χ4v) is 2.68. The number of nitrogens with zero attached hydrogens (tertiary/aromatic N) is 2. The van der Waals surface area contributed by atoms with Crippen LogP contribution in [0, 0.1) is 6.92 Å². The van der Waals surface area contributed by atoms with Gasteiger partial charge in [-0.2, -0.15) is 13.2 Å². The van der Waals surface area contributed by atoms with Gasteiger partial charge in [0.2, 0.25) is 0 Å². The molecule has 1 aromatic carbocycles. The van der Waals surface area contributed by atoms with Gasteiger partial charge in [0.25, 0.3) is 5.88 Å². The van der Waals surface area contributed by atoms with E-state index in [9.17, 15) is 13.2 Å². The molecule has 0 atom stereocenters. The number of methoxy groups -OCH3 is 1. The summed E-state index contributed by atoms with van der Waals surface area (Å²) in [6.45, 7) is 5.78. The highest BCUT2D eigenvalue weighted by Gasteiger charge is 2.31. The molecule has 2 aromatic rings. The number of anilines is 1. The third-order valence-electron chi connectivity index (χ3n) is 4.25. The van der Waals surface area contributed by atoms with E-state index in [4.69, 9.17) is 9.47 Å². The highest BCUT2D eigenvalue weighted by atomic mass is 19.4. The predicted molar refractivity (Wildman–Crippen MR) is 98.3 cm³/mol. The second-order valence-electron chi connectivity index (χ2n) is 6.03. The number of aromatic nitrogens is 2. The number of aryl methyl sites for hydroxylation is 1. The first-order valence-electron chi connectivity index (χ1n) is 8.73. The molecular formula is C19H24F3N3O2. The van der Waals surface area contributed by atoms with Crippen LogP contribution in [0.2, 0.25) is 0 Å². The van der Waals surface area contributed by atoms with E-state index >= 15 is 0 Å². The van der Waals surface area contributed by atoms with E-state index in [1.54, 1.807) is 14.0 Å². The molecule has 148 valence electrons. The molecule has 1 N–H and O–H groups in total. The topological polar surface area (TPSA) is 56.3 Å². The number of nitrogens with one attached hydrogen (secondary N) is 1. The largest absolute Gasteiger partial charge is 0.496 e. The smallest absolute Gasteiger partial charge is 0.416 e. The van der Waals surface area contributed by atoms with E-state index in [1.165, 1.54) is 13.2 Å². The van der Waals surface area contributed by atoms with Crippen molar-refractivity contribution in [3.63, 3.8) is 0 Å². The summed E-state index contributed by atoms with van der Waals surface area (Å²) in [7, 11) is 3.01. The molecular weight excluding hydrogens is 359 g/mol. The van der Waals surface area contributed by atoms with Crippen molar-refractivity contribution in [3.05, 3.63) is 29.5 Å². The number of halogens is 3. The van der Waals surface area contributed by atoms with E-state index in [0.717, 1.165) is 25.0 Å². The minimum atomic E-state index is -4.45. The van der Waals surface area contributed by atoms with E-state index < -0.39 is 11.7 Å². The van der Waals surface area contributed by atoms with Crippen LogP contribution >= 0.6 is 0 Å². The number of rotatable bonds is 7. The molecule has 27 heavy (non-hydrogen) atoms. The summed E-state index contributed by atoms with van der Waals surface area (Å²) in [5, 5.41) is 2.94. The van der Waals surface area contributed by atoms with Crippen LogP contribution in [0.15, 0.2) is 18.2 Å². The van der Waals surface area contributed by atoms with Crippen LogP contribution in [0.3, 0.4) is 0 Å². The molecule has 0 aliphatic rings. The van der Waals surface area contributed by atoms with Crippen LogP contribution in [-0.2, 0) is 6.18 Å². The number of hydrogen-bond acceptors (Lipinski definition) is 5. The third kappa shape index (κ3) is 4.61. The maximum atomic E-state index is 13.0. The minimum absolute atomic E-state index is 0.0113. The van der Waals surface area contributed by atoms with E-state index in [-0.39, 0.29) is 11.9 Å². The van der Waals surface area contributed by atoms with E-state index in [0.29, 0.717) is 28.6 Å². The Bertz CT molecular complexity index is 790. The zero-order chi connectivity index (χ0) is 20.2. The summed E-state index contributed by atoms with van der Waals surface area (Å²) in [4.78, 5) is 9.00. The summed E-state index contributed by atoms with van der Waals surface area (Å²) in [6.07, 6.45) is -2.78. The fraction of sp³-hybridized carbons (Fsp3) is 0.474. The highest BCUT2D eigenvalue weighted by Crippen LogP contribution is 2.38. The van der Waals surface area contributed by atoms with Crippen molar-refractivity contribution in [2.45, 2.75) is 45.9 Å². The predicted octanol–water partition coefficient (Wildman–Crippen LogP) is 5.09. The molecule has 2 rings (SSSR count). The van der Waals surface area contributed by atoms with Gasteiger partial charge in [-0.05, 0) is 38.0 Å². The normalized spacial score (nSPS) is 11.6. The molecule has 0 bridgehead atoms. The Kier molecular flexibility index (Phi) is 6.51. The Morgan fingerprint density at radius 3 is 2.33 bits per heavy atom. The zero-order valence-electron chi connectivity index (χ0n) is 16.1. The van der Waals surface area contributed by atoms with Gasteiger partial charge in [0, 0.05) is 12.6 Å². The van der Waals surface area contributed by atoms with Gasteiger partial charge in [0.05, 0.1) is 24.1 Å². The van der Waals surface area contributed by atoms with Crippen molar-refractivity contribution in [1.82, 2.24) is 9.97 Å². The maximum absolute atomic E-state index is 13.0. The summed E-state index contributed by atoms with van der Waals surface area (Å²) < 4.78 is 50.0. The third-order valence-corrected chi connectivity index (χ3v) is 4.25. The van der Waals surface area contributed by atoms with Crippen molar-refractivity contribution in [1.29, 1.82) is 0 Å². The SMILES string of the molecule is CCC(CC)Oc1nc(C)c(-c2ccc(C(F)(F)F)cc2OC)nc1NC. The van der Waals surface area contributed by atoms with Gasteiger partial charge in [0.15, 0.2) is 5.82 Å². The molecule has 0 fully saturated rings. The van der Waals surface area contributed by atoms with Crippen LogP contribution in [0.4, 0.5) is 19.0 Å². The van der Waals surface area contributed by atoms with Crippen LogP contribution < -0.4 is 14.8 Å². The molecule has 1 heterocycles. The Morgan fingerprint density at radius 1 is 1.15 bits per heavy atom. The standard InChI is InChI=1S/C19H24F3N3O2/c1-6-13(7-2)27-18-17(23-4)25-16(11(3)24-18)14-9-8-12(19(20,21)22)10-15(14)26-5/h8-10,13H,6-7H2,1-5H3,(H,23,25). The molecule has 0 aliphatic heterocycles. The molecule has 1 aromatic heterocycles. The number of hydrogen-bond donors (Lipinski definition) is 1. The molecule has 5 nitrogen and oxygen atoms in total. The molecule has 0 spiro atoms. The molecule has 0 aliphatic carbocycles. The lowest BCUT2D eigenvalue weighted by atomic mass is 10.1. The van der Waals surface area contributed by atoms with Gasteiger partial charge >= 0.3 is 6.18 Å². The van der Waals surface area contributed by atoms with Gasteiger partial charge in [-0.15, -0.1) is 0 Å². The zero-order valence-corrected chi connectivity index (χ0v) is 16.1. The van der Waals surface area contributed by atoms with Crippen LogP contribution in [0.25, 0.3) is 11.3 Å². The Morgan fingerprint density at radius 2 is 1.81 bits per heavy atom. The summed E-state index contributed by atoms with van der Waals surface area (Å²) in [5.74, 6) is 0.876. The lowest BCUT2D eigenvalue weighted by Crippen LogP contribution is -2.16. The summed E-state index contributed by atoms with van der Waals surface area (Å²) in [6, 6.07) is 3.32. The van der Waals surface area contributed by atoms with Crippen molar-refractivity contribution in [2.75, 3.05) is 19.5 Å². The number of ether oxygens (including phenoxy) is 2. The number of alkyl halides is 3. The Hall–Kier alpha value is -2.51. The maximum Gasteiger partial charge on any atom is 0.416 e. The second-order valence-corrected chi connectivity index (χ2v) is 6.03. The van der Waals surface area contributed by atoms with Gasteiger partial charge in [0.1, 0.15) is 11.9 Å². The lowest BCUT2D eigenvalue weighted by molar-refractivity contribution is -0.137. The average Bonchev–Trinajstić information content (AvgIpc) is 2.65. The second kappa shape index (κ2) is 8.45. The molecule has 0 saturated heterocycles. The van der Waals surface area contributed by atoms with Gasteiger partial charge in [-0.3, -0.25) is 0 Å². The first-order valence-corrected chi connectivity index (χ1v) is 8.73.